The number of piperidine rings is 1. The molecule has 0 aliphatic carbocycles. The predicted octanol–water partition coefficient (Wildman–Crippen LogP) is 6.69. The van der Waals surface area contributed by atoms with Gasteiger partial charge in [-0.3, -0.25) is 9.69 Å². The van der Waals surface area contributed by atoms with Crippen molar-refractivity contribution in [3.05, 3.63) is 138 Å². The number of hydrogen-bond donors (Lipinski definition) is 0. The van der Waals surface area contributed by atoms with E-state index in [-0.39, 0.29) is 5.91 Å². The lowest BCUT2D eigenvalue weighted by Crippen LogP contribution is -2.42. The molecule has 1 amide bonds. The van der Waals surface area contributed by atoms with Gasteiger partial charge in [0, 0.05) is 19.2 Å². The van der Waals surface area contributed by atoms with Crippen LogP contribution >= 0.6 is 31.2 Å². The van der Waals surface area contributed by atoms with E-state index in [1.54, 1.807) is 11.0 Å². The molecular formula is C37H33N3O2PS2+. The van der Waals surface area contributed by atoms with E-state index in [1.807, 2.05) is 30.3 Å². The molecule has 4 aromatic carbocycles. The molecular weight excluding hydrogens is 614 g/mol. The molecule has 224 valence electrons. The summed E-state index contributed by atoms with van der Waals surface area (Å²) in [6, 6.07) is 42.1. The summed E-state index contributed by atoms with van der Waals surface area (Å²) in [5, 5.41) is 3.61. The summed E-state index contributed by atoms with van der Waals surface area (Å²) in [7, 11) is -2.52. The molecule has 5 aromatic rings. The number of benzene rings is 4. The zero-order valence-corrected chi connectivity index (χ0v) is 27.3. The summed E-state index contributed by atoms with van der Waals surface area (Å²) >= 11 is 6.98. The molecule has 2 aliphatic rings. The summed E-state index contributed by atoms with van der Waals surface area (Å²) in [5.74, 6) is 1.10. The van der Waals surface area contributed by atoms with Crippen LogP contribution in [0.3, 0.4) is 0 Å². The second-order valence-corrected chi connectivity index (χ2v) is 16.1. The lowest BCUT2D eigenvalue weighted by molar-refractivity contribution is -0.122. The summed E-state index contributed by atoms with van der Waals surface area (Å²) < 4.78 is 7.30. The van der Waals surface area contributed by atoms with Gasteiger partial charge in [-0.1, -0.05) is 109 Å². The van der Waals surface area contributed by atoms with Crippen molar-refractivity contribution in [2.24, 2.45) is 0 Å². The van der Waals surface area contributed by atoms with Crippen LogP contribution in [0.2, 0.25) is 0 Å². The molecule has 0 saturated carbocycles. The first-order valence-corrected chi connectivity index (χ1v) is 18.3. The minimum absolute atomic E-state index is 0.122. The number of anilines is 1. The van der Waals surface area contributed by atoms with Gasteiger partial charge in [-0.25, -0.2) is 0 Å². The van der Waals surface area contributed by atoms with Crippen LogP contribution in [-0.4, -0.2) is 33.2 Å². The minimum Gasteiger partial charge on any atom is -0.417 e. The maximum Gasteiger partial charge on any atom is 0.266 e. The van der Waals surface area contributed by atoms with Gasteiger partial charge in [-0.05, 0) is 61.2 Å². The number of hydrogen-bond acceptors (Lipinski definition) is 6. The van der Waals surface area contributed by atoms with Crippen molar-refractivity contribution < 1.29 is 9.21 Å². The standard InChI is InChI=1S/C37H33N3O2PS2/c41-35-32(45-37(44)40(35)27-28-16-6-1-7-17-28)26-33-38-34(36(42-33)39-24-14-5-15-25-39)43(29-18-8-2-9-19-29,30-20-10-3-11-21-30)31-22-12-4-13-23-31/h1-4,6-13,16-23,26H,5,14-15,24-25,27H2/q+1/b32-26+. The quantitative estimate of drug-likeness (QED) is 0.107. The second kappa shape index (κ2) is 13.1. The number of rotatable bonds is 8. The monoisotopic (exact) mass is 646 g/mol. The topological polar surface area (TPSA) is 49.6 Å². The fourth-order valence-corrected chi connectivity index (χ4v) is 11.6. The van der Waals surface area contributed by atoms with Gasteiger partial charge in [0.2, 0.25) is 5.89 Å². The summed E-state index contributed by atoms with van der Waals surface area (Å²) in [6.07, 6.45) is 5.19. The van der Waals surface area contributed by atoms with Crippen molar-refractivity contribution in [1.29, 1.82) is 0 Å². The number of amides is 1. The van der Waals surface area contributed by atoms with Crippen LogP contribution in [0.25, 0.3) is 6.08 Å². The Morgan fingerprint density at radius 2 is 1.27 bits per heavy atom. The van der Waals surface area contributed by atoms with Gasteiger partial charge in [0.15, 0.2) is 7.26 Å². The van der Waals surface area contributed by atoms with E-state index in [2.05, 4.69) is 95.9 Å². The SMILES string of the molecule is O=C1/C(=C\c2nc([P+](c3ccccc3)(c3ccccc3)c3ccccc3)c(N3CCCCC3)o2)SC(=S)N1Cc1ccccc1. The highest BCUT2D eigenvalue weighted by molar-refractivity contribution is 8.26. The van der Waals surface area contributed by atoms with Crippen LogP contribution in [-0.2, 0) is 11.3 Å². The Kier molecular flexibility index (Phi) is 8.66. The molecule has 0 atom stereocenters. The number of oxazole rings is 1. The Labute approximate surface area is 274 Å². The molecule has 3 heterocycles. The smallest absolute Gasteiger partial charge is 0.266 e. The Bertz CT molecular complexity index is 1730. The van der Waals surface area contributed by atoms with Crippen molar-refractivity contribution in [2.45, 2.75) is 25.8 Å². The van der Waals surface area contributed by atoms with Crippen molar-refractivity contribution in [1.82, 2.24) is 9.88 Å². The van der Waals surface area contributed by atoms with Crippen molar-refractivity contribution in [2.75, 3.05) is 18.0 Å². The largest absolute Gasteiger partial charge is 0.417 e. The van der Waals surface area contributed by atoms with Crippen molar-refractivity contribution >= 4 is 74.8 Å². The Balaban J connectivity index is 1.41. The van der Waals surface area contributed by atoms with Crippen LogP contribution in [0, 0.1) is 0 Å². The van der Waals surface area contributed by atoms with Crippen LogP contribution in [0.5, 0.6) is 0 Å². The first-order valence-electron chi connectivity index (χ1n) is 15.3. The highest BCUT2D eigenvalue weighted by Gasteiger charge is 2.53. The number of nitrogens with zero attached hydrogens (tertiary/aromatic N) is 3. The third-order valence-electron chi connectivity index (χ3n) is 8.31. The second-order valence-electron chi connectivity index (χ2n) is 11.2. The van der Waals surface area contributed by atoms with E-state index < -0.39 is 7.26 Å². The van der Waals surface area contributed by atoms with E-state index in [0.717, 1.165) is 42.8 Å². The number of thiocarbonyl (C=S) groups is 1. The number of carbonyl (C=O) groups is 1. The molecule has 0 spiro atoms. The molecule has 2 fully saturated rings. The molecule has 2 saturated heterocycles. The molecule has 2 aliphatic heterocycles. The average Bonchev–Trinajstić information content (AvgIpc) is 3.64. The third kappa shape index (κ3) is 5.77. The Morgan fingerprint density at radius 3 is 1.80 bits per heavy atom. The zero-order chi connectivity index (χ0) is 30.6. The summed E-state index contributed by atoms with van der Waals surface area (Å²) in [5.41, 5.74) is 1.96. The van der Waals surface area contributed by atoms with Gasteiger partial charge in [0.05, 0.1) is 11.4 Å². The fraction of sp³-hybridized carbons (Fsp3) is 0.162. The molecule has 8 heteroatoms. The minimum atomic E-state index is -2.52. The highest BCUT2D eigenvalue weighted by Crippen LogP contribution is 2.56. The normalized spacial score (nSPS) is 16.5. The van der Waals surface area contributed by atoms with Gasteiger partial charge in [0.25, 0.3) is 17.2 Å². The lowest BCUT2D eigenvalue weighted by Gasteiger charge is -2.30. The van der Waals surface area contributed by atoms with Gasteiger partial charge in [0.1, 0.15) is 20.2 Å². The van der Waals surface area contributed by atoms with E-state index in [9.17, 15) is 4.79 Å². The molecule has 45 heavy (non-hydrogen) atoms. The van der Waals surface area contributed by atoms with Crippen LogP contribution in [0.1, 0.15) is 30.7 Å². The van der Waals surface area contributed by atoms with E-state index in [1.165, 1.54) is 34.1 Å². The van der Waals surface area contributed by atoms with E-state index in [0.29, 0.717) is 21.7 Å². The van der Waals surface area contributed by atoms with Gasteiger partial charge in [-0.15, -0.1) is 0 Å². The van der Waals surface area contributed by atoms with Gasteiger partial charge < -0.3 is 9.32 Å². The molecule has 0 radical (unpaired) electrons. The lowest BCUT2D eigenvalue weighted by atomic mass is 10.1. The van der Waals surface area contributed by atoms with Gasteiger partial charge in [-0.2, -0.15) is 4.98 Å². The van der Waals surface area contributed by atoms with Crippen LogP contribution in [0.4, 0.5) is 5.88 Å². The van der Waals surface area contributed by atoms with Crippen LogP contribution in [0.15, 0.2) is 131 Å². The third-order valence-corrected chi connectivity index (χ3v) is 13.8. The molecule has 0 N–H and O–H groups in total. The van der Waals surface area contributed by atoms with Crippen molar-refractivity contribution in [3.8, 4) is 0 Å². The number of thioether (sulfide) groups is 1. The molecule has 0 bridgehead atoms. The predicted molar refractivity (Wildman–Crippen MR) is 193 cm³/mol. The fourth-order valence-electron chi connectivity index (χ4n) is 6.19. The highest BCUT2D eigenvalue weighted by atomic mass is 32.2. The first kappa shape index (κ1) is 29.7. The Morgan fingerprint density at radius 1 is 0.756 bits per heavy atom. The molecule has 5 nitrogen and oxygen atoms in total. The first-order chi connectivity index (χ1) is 22.1. The maximum atomic E-state index is 13.7. The van der Waals surface area contributed by atoms with E-state index in [4.69, 9.17) is 21.6 Å². The van der Waals surface area contributed by atoms with Crippen LogP contribution < -0.4 is 26.2 Å². The maximum absolute atomic E-state index is 13.7. The summed E-state index contributed by atoms with van der Waals surface area (Å²) in [6.45, 7) is 2.24. The van der Waals surface area contributed by atoms with Crippen molar-refractivity contribution in [3.63, 3.8) is 0 Å². The van der Waals surface area contributed by atoms with Gasteiger partial charge >= 0.3 is 0 Å². The Hall–Kier alpha value is -4.03. The molecule has 7 rings (SSSR count). The number of carbonyl (C=O) groups excluding carboxylic acids is 1. The molecule has 0 unspecified atom stereocenters. The summed E-state index contributed by atoms with van der Waals surface area (Å²) in [4.78, 5) is 23.6. The zero-order valence-electron chi connectivity index (χ0n) is 24.8. The molecule has 1 aromatic heterocycles. The van der Waals surface area contributed by atoms with E-state index >= 15 is 0 Å². The average molecular weight is 647 g/mol. The number of aromatic nitrogens is 1.